The van der Waals surface area contributed by atoms with E-state index in [2.05, 4.69) is 10.3 Å². The molecule has 2 N–H and O–H groups in total. The Labute approximate surface area is 115 Å². The number of aromatic nitrogens is 3. The van der Waals surface area contributed by atoms with Crippen molar-refractivity contribution in [1.29, 1.82) is 0 Å². The van der Waals surface area contributed by atoms with Crippen molar-refractivity contribution in [3.8, 4) is 0 Å². The van der Waals surface area contributed by atoms with E-state index in [0.717, 1.165) is 18.5 Å². The fourth-order valence-electron chi connectivity index (χ4n) is 2.96. The van der Waals surface area contributed by atoms with Crippen LogP contribution in [-0.2, 0) is 12.1 Å². The summed E-state index contributed by atoms with van der Waals surface area (Å²) in [6.07, 6.45) is 2.05. The van der Waals surface area contributed by atoms with E-state index in [9.17, 15) is 13.2 Å². The highest BCUT2D eigenvalue weighted by Crippen LogP contribution is 2.40. The molecule has 3 rings (SSSR count). The first-order valence-corrected chi connectivity index (χ1v) is 7.14. The summed E-state index contributed by atoms with van der Waals surface area (Å²) in [5, 5.41) is 8.13. The van der Waals surface area contributed by atoms with Gasteiger partial charge in [-0.3, -0.25) is 0 Å². The molecule has 0 atom stereocenters. The Morgan fingerprint density at radius 3 is 2.45 bits per heavy atom. The maximum Gasteiger partial charge on any atom is 0.391 e. The summed E-state index contributed by atoms with van der Waals surface area (Å²) in [4.78, 5) is 0. The maximum absolute atomic E-state index is 12.6. The molecule has 2 aliphatic carbocycles. The number of hydrogen-bond donors (Lipinski definition) is 1. The van der Waals surface area contributed by atoms with E-state index in [1.807, 2.05) is 6.20 Å². The molecule has 7 heteroatoms. The Bertz CT molecular complexity index is 470. The molecule has 1 aromatic rings. The van der Waals surface area contributed by atoms with Gasteiger partial charge < -0.3 is 5.73 Å². The fourth-order valence-corrected chi connectivity index (χ4v) is 2.96. The van der Waals surface area contributed by atoms with Gasteiger partial charge in [-0.05, 0) is 50.9 Å². The van der Waals surface area contributed by atoms with Crippen LogP contribution in [0.15, 0.2) is 6.20 Å². The smallest absolute Gasteiger partial charge is 0.307 e. The van der Waals surface area contributed by atoms with Crippen LogP contribution in [0.3, 0.4) is 0 Å². The third kappa shape index (κ3) is 2.82. The van der Waals surface area contributed by atoms with E-state index in [1.165, 1.54) is 0 Å². The van der Waals surface area contributed by atoms with Crippen molar-refractivity contribution >= 4 is 0 Å². The van der Waals surface area contributed by atoms with Crippen LogP contribution in [-0.4, -0.2) is 21.2 Å². The van der Waals surface area contributed by atoms with Gasteiger partial charge in [-0.25, -0.2) is 4.68 Å². The van der Waals surface area contributed by atoms with E-state index < -0.39 is 12.1 Å². The summed E-state index contributed by atoms with van der Waals surface area (Å²) in [7, 11) is 0. The normalized spacial score (nSPS) is 29.4. The summed E-state index contributed by atoms with van der Waals surface area (Å²) in [5.41, 5.74) is 6.50. The lowest BCUT2D eigenvalue weighted by Crippen LogP contribution is -2.28. The lowest BCUT2D eigenvalue weighted by Gasteiger charge is -2.29. The zero-order chi connectivity index (χ0) is 14.4. The Hall–Kier alpha value is -1.11. The Morgan fingerprint density at radius 2 is 1.90 bits per heavy atom. The fraction of sp³-hybridized carbons (Fsp3) is 0.846. The summed E-state index contributed by atoms with van der Waals surface area (Å²) in [6.45, 7) is 0. The number of hydrogen-bond acceptors (Lipinski definition) is 3. The molecule has 112 valence electrons. The van der Waals surface area contributed by atoms with Crippen LogP contribution in [0.1, 0.15) is 44.2 Å². The summed E-state index contributed by atoms with van der Waals surface area (Å²) < 4.78 is 39.5. The average Bonchev–Trinajstić information content (AvgIpc) is 2.96. The number of nitrogens with zero attached hydrogens (tertiary/aromatic N) is 3. The van der Waals surface area contributed by atoms with Crippen molar-refractivity contribution in [3.05, 3.63) is 11.9 Å². The first-order chi connectivity index (χ1) is 9.37. The molecular formula is C13H19F3N4. The molecule has 2 saturated carbocycles. The third-order valence-electron chi connectivity index (χ3n) is 4.57. The number of alkyl halides is 3. The highest BCUT2D eigenvalue weighted by atomic mass is 19.4. The van der Waals surface area contributed by atoms with Gasteiger partial charge in [-0.15, -0.1) is 5.10 Å². The molecule has 1 aromatic heterocycles. The van der Waals surface area contributed by atoms with Gasteiger partial charge >= 0.3 is 6.18 Å². The van der Waals surface area contributed by atoms with Crippen molar-refractivity contribution in [2.45, 2.75) is 56.8 Å². The standard InChI is InChI=1S/C13H19F3N4/c14-13(15,16)10-3-1-9(2-4-10)7-11-8-20(19-18-11)12(17)5-6-12/h8-10H,1-7,17H2. The van der Waals surface area contributed by atoms with Gasteiger partial charge in [0.05, 0.1) is 17.8 Å². The van der Waals surface area contributed by atoms with Crippen LogP contribution < -0.4 is 5.73 Å². The van der Waals surface area contributed by atoms with Crippen LogP contribution in [0.5, 0.6) is 0 Å². The van der Waals surface area contributed by atoms with Crippen molar-refractivity contribution in [2.75, 3.05) is 0 Å². The predicted octanol–water partition coefficient (Wildman–Crippen LogP) is 2.59. The SMILES string of the molecule is NC1(n2cc(CC3CCC(C(F)(F)F)CC3)nn2)CC1. The zero-order valence-corrected chi connectivity index (χ0v) is 11.2. The topological polar surface area (TPSA) is 56.7 Å². The predicted molar refractivity (Wildman–Crippen MR) is 66.6 cm³/mol. The van der Waals surface area contributed by atoms with Crippen LogP contribution in [0.25, 0.3) is 0 Å². The minimum atomic E-state index is -4.04. The van der Waals surface area contributed by atoms with Crippen molar-refractivity contribution in [1.82, 2.24) is 15.0 Å². The molecule has 0 radical (unpaired) electrons. The van der Waals surface area contributed by atoms with E-state index >= 15 is 0 Å². The first-order valence-electron chi connectivity index (χ1n) is 7.14. The van der Waals surface area contributed by atoms with Crippen LogP contribution in [0.4, 0.5) is 13.2 Å². The van der Waals surface area contributed by atoms with Gasteiger partial charge in [0, 0.05) is 0 Å². The van der Waals surface area contributed by atoms with Gasteiger partial charge in [0.25, 0.3) is 0 Å². The van der Waals surface area contributed by atoms with Gasteiger partial charge in [0.2, 0.25) is 0 Å². The minimum absolute atomic E-state index is 0.239. The first kappa shape index (κ1) is 13.9. The second-order valence-electron chi connectivity index (χ2n) is 6.22. The second-order valence-corrected chi connectivity index (χ2v) is 6.22. The summed E-state index contributed by atoms with van der Waals surface area (Å²) in [5.74, 6) is -0.833. The molecule has 20 heavy (non-hydrogen) atoms. The second kappa shape index (κ2) is 4.72. The van der Waals surface area contributed by atoms with Crippen LogP contribution in [0, 0.1) is 11.8 Å². The van der Waals surface area contributed by atoms with E-state index in [-0.39, 0.29) is 24.4 Å². The third-order valence-corrected chi connectivity index (χ3v) is 4.57. The van der Waals surface area contributed by atoms with Crippen molar-refractivity contribution in [3.63, 3.8) is 0 Å². The van der Waals surface area contributed by atoms with Gasteiger partial charge in [0.1, 0.15) is 5.66 Å². The molecule has 0 bridgehead atoms. The number of halogens is 3. The molecular weight excluding hydrogens is 269 g/mol. The highest BCUT2D eigenvalue weighted by Gasteiger charge is 2.43. The van der Waals surface area contributed by atoms with Crippen LogP contribution in [0.2, 0.25) is 0 Å². The Balaban J connectivity index is 1.53. The highest BCUT2D eigenvalue weighted by molar-refractivity contribution is 5.02. The van der Waals surface area contributed by atoms with Crippen LogP contribution >= 0.6 is 0 Å². The minimum Gasteiger partial charge on any atom is -0.307 e. The molecule has 2 aliphatic rings. The van der Waals surface area contributed by atoms with E-state index in [1.54, 1.807) is 4.68 Å². The van der Waals surface area contributed by atoms with E-state index in [0.29, 0.717) is 19.3 Å². The number of nitrogens with two attached hydrogens (primary N) is 1. The zero-order valence-electron chi connectivity index (χ0n) is 11.2. The van der Waals surface area contributed by atoms with Gasteiger partial charge in [-0.1, -0.05) is 5.21 Å². The molecule has 0 spiro atoms. The summed E-state index contributed by atoms with van der Waals surface area (Å²) in [6, 6.07) is 0. The maximum atomic E-state index is 12.6. The van der Waals surface area contributed by atoms with E-state index in [4.69, 9.17) is 5.73 Å². The van der Waals surface area contributed by atoms with Crippen molar-refractivity contribution in [2.24, 2.45) is 17.6 Å². The Morgan fingerprint density at radius 1 is 1.25 bits per heavy atom. The van der Waals surface area contributed by atoms with Gasteiger partial charge in [-0.2, -0.15) is 13.2 Å². The molecule has 0 saturated heterocycles. The molecule has 0 aliphatic heterocycles. The van der Waals surface area contributed by atoms with Crippen molar-refractivity contribution < 1.29 is 13.2 Å². The molecule has 0 unspecified atom stereocenters. The number of rotatable bonds is 3. The molecule has 1 heterocycles. The molecule has 2 fully saturated rings. The largest absolute Gasteiger partial charge is 0.391 e. The Kier molecular flexibility index (Phi) is 3.27. The van der Waals surface area contributed by atoms with Gasteiger partial charge in [0.15, 0.2) is 0 Å². The molecule has 0 amide bonds. The lowest BCUT2D eigenvalue weighted by molar-refractivity contribution is -0.183. The molecule has 0 aromatic carbocycles. The molecule has 4 nitrogen and oxygen atoms in total. The lowest BCUT2D eigenvalue weighted by atomic mass is 9.80. The average molecular weight is 288 g/mol. The monoisotopic (exact) mass is 288 g/mol. The quantitative estimate of drug-likeness (QED) is 0.930. The summed E-state index contributed by atoms with van der Waals surface area (Å²) >= 11 is 0.